The lowest BCUT2D eigenvalue weighted by Crippen LogP contribution is -2.56. The van der Waals surface area contributed by atoms with E-state index in [-0.39, 0.29) is 18.0 Å². The van der Waals surface area contributed by atoms with Crippen LogP contribution in [0.15, 0.2) is 0 Å². The lowest BCUT2D eigenvalue weighted by atomic mass is 10.1. The number of nitrogens with zero attached hydrogens (tertiary/aromatic N) is 1. The smallest absolute Gasteiger partial charge is 0.216 e. The Morgan fingerprint density at radius 1 is 1.37 bits per heavy atom. The highest BCUT2D eigenvalue weighted by Crippen LogP contribution is 2.25. The fraction of sp³-hybridized carbons (Fsp3) is 1.00. The maximum atomic E-state index is 12.5. The third-order valence-electron chi connectivity index (χ3n) is 3.44. The Morgan fingerprint density at radius 3 is 2.68 bits per heavy atom. The third-order valence-corrected chi connectivity index (χ3v) is 6.02. The number of alkyl halides is 1. The lowest BCUT2D eigenvalue weighted by Gasteiger charge is -2.41. The molecule has 7 heteroatoms. The van der Waals surface area contributed by atoms with Gasteiger partial charge in [-0.2, -0.15) is 4.31 Å². The number of ether oxygens (including phenoxy) is 2. The van der Waals surface area contributed by atoms with Crippen molar-refractivity contribution < 1.29 is 17.9 Å². The number of sulfonamides is 1. The van der Waals surface area contributed by atoms with Gasteiger partial charge in [0.05, 0.1) is 23.6 Å². The van der Waals surface area contributed by atoms with Crippen LogP contribution in [0.2, 0.25) is 0 Å². The van der Waals surface area contributed by atoms with Gasteiger partial charge in [-0.25, -0.2) is 8.42 Å². The number of morpholine rings is 1. The van der Waals surface area contributed by atoms with Gasteiger partial charge in [0.2, 0.25) is 10.0 Å². The number of halogens is 1. The van der Waals surface area contributed by atoms with E-state index in [2.05, 4.69) is 15.9 Å². The Kier molecular flexibility index (Phi) is 4.93. The monoisotopic (exact) mass is 355 g/mol. The molecular weight excluding hydrogens is 334 g/mol. The van der Waals surface area contributed by atoms with Crippen molar-refractivity contribution in [2.24, 2.45) is 0 Å². The summed E-state index contributed by atoms with van der Waals surface area (Å²) in [6.07, 6.45) is 1.56. The summed E-state index contributed by atoms with van der Waals surface area (Å²) in [4.78, 5) is 0. The van der Waals surface area contributed by atoms with Crippen LogP contribution in [0.3, 0.4) is 0 Å². The molecule has 2 aliphatic heterocycles. The van der Waals surface area contributed by atoms with E-state index in [1.54, 1.807) is 4.31 Å². The van der Waals surface area contributed by atoms with Crippen LogP contribution >= 0.6 is 15.9 Å². The maximum Gasteiger partial charge on any atom is 0.216 e. The molecule has 2 saturated heterocycles. The van der Waals surface area contributed by atoms with E-state index in [0.29, 0.717) is 25.0 Å². The van der Waals surface area contributed by atoms with Gasteiger partial charge in [0.15, 0.2) is 0 Å². The molecule has 0 aromatic carbocycles. The van der Waals surface area contributed by atoms with Gasteiger partial charge in [-0.3, -0.25) is 0 Å². The quantitative estimate of drug-likeness (QED) is 0.714. The molecule has 2 heterocycles. The second-order valence-corrected chi connectivity index (χ2v) is 8.52. The van der Waals surface area contributed by atoms with Crippen LogP contribution in [-0.2, 0) is 19.5 Å². The van der Waals surface area contributed by atoms with Crippen molar-refractivity contribution in [3.8, 4) is 0 Å². The second kappa shape index (κ2) is 5.97. The third kappa shape index (κ3) is 4.14. The number of hydrogen-bond acceptors (Lipinski definition) is 4. The van der Waals surface area contributed by atoms with Gasteiger partial charge in [0.25, 0.3) is 0 Å². The number of hydrogen-bond donors (Lipinski definition) is 0. The Bertz CT molecular complexity index is 406. The first kappa shape index (κ1) is 15.7. The standard InChI is InChI=1S/C12H22BrNO4S/c1-12(2)9-14(7-11(6-13)18-12)19(15,16)8-10-4-3-5-17-10/h10-11H,3-9H2,1-2H3. The molecule has 0 radical (unpaired) electrons. The zero-order valence-corrected chi connectivity index (χ0v) is 13.9. The van der Waals surface area contributed by atoms with Crippen LogP contribution in [0.1, 0.15) is 26.7 Å². The van der Waals surface area contributed by atoms with Crippen molar-refractivity contribution in [1.82, 2.24) is 4.31 Å². The van der Waals surface area contributed by atoms with Gasteiger partial charge in [0.1, 0.15) is 0 Å². The van der Waals surface area contributed by atoms with Crippen molar-refractivity contribution in [2.45, 2.75) is 44.5 Å². The molecule has 0 aromatic rings. The first-order valence-electron chi connectivity index (χ1n) is 6.66. The van der Waals surface area contributed by atoms with Gasteiger partial charge in [-0.15, -0.1) is 0 Å². The van der Waals surface area contributed by atoms with E-state index in [4.69, 9.17) is 9.47 Å². The van der Waals surface area contributed by atoms with Gasteiger partial charge >= 0.3 is 0 Å². The van der Waals surface area contributed by atoms with Crippen LogP contribution in [0.25, 0.3) is 0 Å². The molecule has 0 N–H and O–H groups in total. The van der Waals surface area contributed by atoms with E-state index in [1.807, 2.05) is 13.8 Å². The highest BCUT2D eigenvalue weighted by molar-refractivity contribution is 9.09. The maximum absolute atomic E-state index is 12.5. The average molecular weight is 356 g/mol. The second-order valence-electron chi connectivity index (χ2n) is 5.86. The molecule has 0 aromatic heterocycles. The molecule has 0 aliphatic carbocycles. The van der Waals surface area contributed by atoms with E-state index in [0.717, 1.165) is 12.8 Å². The molecule has 5 nitrogen and oxygen atoms in total. The summed E-state index contributed by atoms with van der Waals surface area (Å²) in [5.41, 5.74) is -0.444. The molecule has 2 fully saturated rings. The molecule has 2 aliphatic rings. The van der Waals surface area contributed by atoms with Crippen molar-refractivity contribution >= 4 is 26.0 Å². The largest absolute Gasteiger partial charge is 0.377 e. The summed E-state index contributed by atoms with van der Waals surface area (Å²) in [6, 6.07) is 0. The molecule has 0 saturated carbocycles. The first-order chi connectivity index (χ1) is 8.82. The van der Waals surface area contributed by atoms with Crippen LogP contribution in [0.4, 0.5) is 0 Å². The van der Waals surface area contributed by atoms with Gasteiger partial charge in [-0.1, -0.05) is 15.9 Å². The lowest BCUT2D eigenvalue weighted by molar-refractivity contribution is -0.107. The summed E-state index contributed by atoms with van der Waals surface area (Å²) in [5, 5.41) is 0.641. The predicted molar refractivity (Wildman–Crippen MR) is 77.1 cm³/mol. The summed E-state index contributed by atoms with van der Waals surface area (Å²) in [7, 11) is -3.27. The van der Waals surface area contributed by atoms with Gasteiger partial charge < -0.3 is 9.47 Å². The summed E-state index contributed by atoms with van der Waals surface area (Å²) >= 11 is 3.37. The molecular formula is C12H22BrNO4S. The summed E-state index contributed by atoms with van der Waals surface area (Å²) in [6.45, 7) is 5.36. The minimum Gasteiger partial charge on any atom is -0.377 e. The van der Waals surface area contributed by atoms with Crippen LogP contribution in [0.5, 0.6) is 0 Å². The molecule has 0 amide bonds. The fourth-order valence-electron chi connectivity index (χ4n) is 2.65. The van der Waals surface area contributed by atoms with Crippen molar-refractivity contribution in [2.75, 3.05) is 30.8 Å². The fourth-order valence-corrected chi connectivity index (χ4v) is 4.83. The molecule has 0 bridgehead atoms. The van der Waals surface area contributed by atoms with E-state index in [1.165, 1.54) is 0 Å². The summed E-state index contributed by atoms with van der Waals surface area (Å²) in [5.74, 6) is 0.0953. The van der Waals surface area contributed by atoms with Gasteiger partial charge in [0, 0.05) is 25.0 Å². The van der Waals surface area contributed by atoms with Crippen LogP contribution < -0.4 is 0 Å². The first-order valence-corrected chi connectivity index (χ1v) is 9.39. The SMILES string of the molecule is CC1(C)CN(S(=O)(=O)CC2CCCO2)CC(CBr)O1. The van der Waals surface area contributed by atoms with Crippen molar-refractivity contribution in [3.63, 3.8) is 0 Å². The van der Waals surface area contributed by atoms with Crippen molar-refractivity contribution in [3.05, 3.63) is 0 Å². The average Bonchev–Trinajstić information content (AvgIpc) is 2.78. The van der Waals surface area contributed by atoms with Crippen LogP contribution in [0, 0.1) is 0 Å². The van der Waals surface area contributed by atoms with E-state index < -0.39 is 15.6 Å². The van der Waals surface area contributed by atoms with E-state index >= 15 is 0 Å². The molecule has 2 unspecified atom stereocenters. The van der Waals surface area contributed by atoms with Crippen molar-refractivity contribution in [1.29, 1.82) is 0 Å². The molecule has 19 heavy (non-hydrogen) atoms. The summed E-state index contributed by atoms with van der Waals surface area (Å²) < 4.78 is 37.8. The predicted octanol–water partition coefficient (Wildman–Crippen LogP) is 1.37. The Morgan fingerprint density at radius 2 is 2.11 bits per heavy atom. The Hall–Kier alpha value is 0.310. The highest BCUT2D eigenvalue weighted by Gasteiger charge is 2.39. The highest BCUT2D eigenvalue weighted by atomic mass is 79.9. The number of rotatable bonds is 4. The Labute approximate surface area is 123 Å². The molecule has 2 atom stereocenters. The van der Waals surface area contributed by atoms with Gasteiger partial charge in [-0.05, 0) is 26.7 Å². The van der Waals surface area contributed by atoms with E-state index in [9.17, 15) is 8.42 Å². The zero-order chi connectivity index (χ0) is 14.1. The molecule has 112 valence electrons. The Balaban J connectivity index is 2.05. The normalized spacial score (nSPS) is 32.6. The minimum atomic E-state index is -3.27. The minimum absolute atomic E-state index is 0.0944. The topological polar surface area (TPSA) is 55.8 Å². The van der Waals surface area contributed by atoms with Crippen LogP contribution in [-0.4, -0.2) is 61.3 Å². The molecule has 2 rings (SSSR count). The zero-order valence-electron chi connectivity index (χ0n) is 11.5. The molecule has 0 spiro atoms.